The molecule has 0 aliphatic heterocycles. The molecule has 33 heavy (non-hydrogen) atoms. The molecule has 0 heterocycles. The molecule has 1 aromatic rings. The summed E-state index contributed by atoms with van der Waals surface area (Å²) >= 11 is 0. The summed E-state index contributed by atoms with van der Waals surface area (Å²) in [7, 11) is -3.20. The predicted molar refractivity (Wildman–Crippen MR) is 117 cm³/mol. The fourth-order valence-electron chi connectivity index (χ4n) is 3.47. The van der Waals surface area contributed by atoms with Gasteiger partial charge in [0.25, 0.3) is 0 Å². The molecule has 0 atom stereocenters. The number of halogens is 5. The van der Waals surface area contributed by atoms with Crippen LogP contribution in [0.2, 0.25) is 0 Å². The van der Waals surface area contributed by atoms with Gasteiger partial charge in [-0.1, -0.05) is 0 Å². The Bertz CT molecular complexity index is 604. The zero-order chi connectivity index (χ0) is 26.4. The van der Waals surface area contributed by atoms with E-state index in [-0.39, 0.29) is 0 Å². The van der Waals surface area contributed by atoms with E-state index in [1.165, 1.54) is 61.3 Å². The summed E-state index contributed by atoms with van der Waals surface area (Å²) in [6.07, 6.45) is 0. The molecule has 1 rings (SSSR count). The van der Waals surface area contributed by atoms with Crippen LogP contribution in [0.3, 0.4) is 0 Å². The molecular formula is C22H40BF5N2O3. The summed E-state index contributed by atoms with van der Waals surface area (Å²) in [6, 6.07) is 0. The van der Waals surface area contributed by atoms with Crippen molar-refractivity contribution in [3.8, 4) is 5.75 Å². The second-order valence-electron chi connectivity index (χ2n) is 7.52. The SMILES string of the molecule is CC[N+](CC)(CC)CC.CC[N+](CC)(CC)CC.[O-]B([O-])Oc1c(F)c(F)c(F)c(F)c1F. The number of rotatable bonds is 10. The molecule has 0 aromatic heterocycles. The van der Waals surface area contributed by atoms with Crippen molar-refractivity contribution in [3.63, 3.8) is 0 Å². The van der Waals surface area contributed by atoms with Crippen molar-refractivity contribution in [3.05, 3.63) is 29.1 Å². The van der Waals surface area contributed by atoms with Gasteiger partial charge < -0.3 is 23.7 Å². The maximum atomic E-state index is 12.6. The Morgan fingerprint density at radius 2 is 0.727 bits per heavy atom. The van der Waals surface area contributed by atoms with E-state index in [1.807, 2.05) is 0 Å². The lowest BCUT2D eigenvalue weighted by molar-refractivity contribution is -0.921. The Hall–Kier alpha value is -1.43. The molecule has 11 heteroatoms. The summed E-state index contributed by atoms with van der Waals surface area (Å²) in [5.41, 5.74) is 0. The van der Waals surface area contributed by atoms with E-state index < -0.39 is 42.2 Å². The summed E-state index contributed by atoms with van der Waals surface area (Å²) < 4.78 is 68.4. The number of hydrogen-bond acceptors (Lipinski definition) is 3. The maximum absolute atomic E-state index is 12.6. The molecule has 0 saturated carbocycles. The van der Waals surface area contributed by atoms with Crippen molar-refractivity contribution in [2.45, 2.75) is 55.4 Å². The second-order valence-corrected chi connectivity index (χ2v) is 7.52. The van der Waals surface area contributed by atoms with Gasteiger partial charge >= 0.3 is 0 Å². The van der Waals surface area contributed by atoms with Crippen molar-refractivity contribution in [2.75, 3.05) is 52.4 Å². The van der Waals surface area contributed by atoms with Gasteiger partial charge in [-0.2, -0.15) is 8.78 Å². The van der Waals surface area contributed by atoms with Crippen molar-refractivity contribution in [1.29, 1.82) is 0 Å². The van der Waals surface area contributed by atoms with Crippen molar-refractivity contribution in [2.24, 2.45) is 0 Å². The smallest absolute Gasteiger partial charge is 0.205 e. The van der Waals surface area contributed by atoms with Crippen LogP contribution in [0.4, 0.5) is 22.0 Å². The van der Waals surface area contributed by atoms with Gasteiger partial charge in [0, 0.05) is 0 Å². The first kappa shape index (κ1) is 33.7. The number of quaternary nitrogens is 2. The Kier molecular flexibility index (Phi) is 16.6. The van der Waals surface area contributed by atoms with Crippen LogP contribution in [0, 0.1) is 29.1 Å². The molecular weight excluding hydrogens is 446 g/mol. The van der Waals surface area contributed by atoms with E-state index in [4.69, 9.17) is 0 Å². The molecule has 0 unspecified atom stereocenters. The van der Waals surface area contributed by atoms with E-state index in [9.17, 15) is 32.0 Å². The third-order valence-corrected chi connectivity index (χ3v) is 6.75. The molecule has 0 amide bonds. The van der Waals surface area contributed by atoms with E-state index in [0.29, 0.717) is 0 Å². The third-order valence-electron chi connectivity index (χ3n) is 6.75. The van der Waals surface area contributed by atoms with Gasteiger partial charge in [0.05, 0.1) is 52.4 Å². The summed E-state index contributed by atoms with van der Waals surface area (Å²) in [5, 5.41) is 19.7. The van der Waals surface area contributed by atoms with Gasteiger partial charge in [0.15, 0.2) is 5.75 Å². The Morgan fingerprint density at radius 1 is 0.515 bits per heavy atom. The quantitative estimate of drug-likeness (QED) is 0.168. The van der Waals surface area contributed by atoms with Crippen LogP contribution < -0.4 is 14.7 Å². The molecule has 5 nitrogen and oxygen atoms in total. The maximum Gasteiger partial charge on any atom is 0.205 e. The monoisotopic (exact) mass is 486 g/mol. The molecule has 0 aliphatic carbocycles. The lowest BCUT2D eigenvalue weighted by Crippen LogP contribution is -2.50. The van der Waals surface area contributed by atoms with Crippen LogP contribution in [0.15, 0.2) is 0 Å². The average Bonchev–Trinajstić information content (AvgIpc) is 2.84. The van der Waals surface area contributed by atoms with Crippen molar-refractivity contribution in [1.82, 2.24) is 0 Å². The second kappa shape index (κ2) is 16.2. The van der Waals surface area contributed by atoms with Crippen LogP contribution in [-0.4, -0.2) is 68.6 Å². The molecule has 1 aromatic carbocycles. The minimum absolute atomic E-state index is 1.28. The number of hydrogen-bond donors (Lipinski definition) is 0. The number of nitrogens with zero attached hydrogens (tertiary/aromatic N) is 2. The summed E-state index contributed by atoms with van der Waals surface area (Å²) in [5.74, 6) is -13.6. The van der Waals surface area contributed by atoms with Gasteiger partial charge in [-0.3, -0.25) is 0 Å². The third kappa shape index (κ3) is 9.76. The van der Waals surface area contributed by atoms with Crippen LogP contribution in [0.25, 0.3) is 0 Å². The van der Waals surface area contributed by atoms with E-state index >= 15 is 0 Å². The summed E-state index contributed by atoms with van der Waals surface area (Å²) in [6.45, 7) is 28.4. The highest BCUT2D eigenvalue weighted by Gasteiger charge is 2.26. The molecule has 0 N–H and O–H groups in total. The van der Waals surface area contributed by atoms with Crippen LogP contribution in [-0.2, 0) is 0 Å². The Labute approximate surface area is 196 Å². The lowest BCUT2D eigenvalue weighted by Gasteiger charge is -2.34. The average molecular weight is 486 g/mol. The van der Waals surface area contributed by atoms with Crippen LogP contribution in [0.1, 0.15) is 55.4 Å². The van der Waals surface area contributed by atoms with Gasteiger partial charge in [0.2, 0.25) is 29.1 Å². The highest BCUT2D eigenvalue weighted by Crippen LogP contribution is 2.28. The minimum Gasteiger partial charge on any atom is -0.860 e. The fourth-order valence-corrected chi connectivity index (χ4v) is 3.47. The van der Waals surface area contributed by atoms with Gasteiger partial charge in [-0.05, 0) is 55.4 Å². The van der Waals surface area contributed by atoms with Crippen molar-refractivity contribution < 1.29 is 45.6 Å². The van der Waals surface area contributed by atoms with E-state index in [0.717, 1.165) is 0 Å². The zero-order valence-corrected chi connectivity index (χ0v) is 21.2. The molecule has 0 fully saturated rings. The standard InChI is InChI=1S/2C8H20N.C6BF5O3/c2*1-5-9(6-2,7-3)8-4;8-1-2(9)4(11)6(15-7(13)14)5(12)3(1)10/h2*5-8H2,1-4H3;/q2*+1;-2. The van der Waals surface area contributed by atoms with Gasteiger partial charge in [-0.25, -0.2) is 13.2 Å². The Balaban J connectivity index is 0. The Morgan fingerprint density at radius 3 is 0.879 bits per heavy atom. The first-order chi connectivity index (χ1) is 15.3. The molecule has 0 bridgehead atoms. The van der Waals surface area contributed by atoms with Gasteiger partial charge in [-0.15, -0.1) is 0 Å². The molecule has 0 aliphatic rings. The highest BCUT2D eigenvalue weighted by atomic mass is 19.2. The topological polar surface area (TPSA) is 55.3 Å². The lowest BCUT2D eigenvalue weighted by atomic mass is 10.2. The van der Waals surface area contributed by atoms with Crippen LogP contribution >= 0.6 is 0 Å². The normalized spacial score (nSPS) is 11.2. The van der Waals surface area contributed by atoms with Gasteiger partial charge in [0.1, 0.15) is 7.32 Å². The molecule has 0 spiro atoms. The fraction of sp³-hybridized carbons (Fsp3) is 0.727. The molecule has 0 saturated heterocycles. The zero-order valence-electron chi connectivity index (χ0n) is 21.2. The highest BCUT2D eigenvalue weighted by molar-refractivity contribution is 6.29. The molecule has 194 valence electrons. The molecule has 0 radical (unpaired) electrons. The van der Waals surface area contributed by atoms with E-state index in [1.54, 1.807) is 0 Å². The van der Waals surface area contributed by atoms with Crippen molar-refractivity contribution >= 4 is 7.32 Å². The van der Waals surface area contributed by atoms with E-state index in [2.05, 4.69) is 60.0 Å². The number of benzene rings is 1. The largest absolute Gasteiger partial charge is 0.860 e. The first-order valence-corrected chi connectivity index (χ1v) is 11.5. The van der Waals surface area contributed by atoms with Crippen LogP contribution in [0.5, 0.6) is 5.75 Å². The summed E-state index contributed by atoms with van der Waals surface area (Å²) in [4.78, 5) is 0. The minimum atomic E-state index is -3.20. The first-order valence-electron chi connectivity index (χ1n) is 11.5. The predicted octanol–water partition coefficient (Wildman–Crippen LogP) is 3.23.